The number of benzene rings is 3. The molecule has 160 valence electrons. The lowest BCUT2D eigenvalue weighted by molar-refractivity contribution is -0.120. The van der Waals surface area contributed by atoms with Crippen LogP contribution in [0.25, 0.3) is 0 Å². The van der Waals surface area contributed by atoms with E-state index < -0.39 is 6.67 Å². The molecule has 1 saturated heterocycles. The summed E-state index contributed by atoms with van der Waals surface area (Å²) in [6.45, 7) is -0.597. The first-order valence-corrected chi connectivity index (χ1v) is 10.6. The molecule has 4 nitrogen and oxygen atoms in total. The second kappa shape index (κ2) is 9.50. The van der Waals surface area contributed by atoms with Gasteiger partial charge in [0.15, 0.2) is 0 Å². The molecular weight excluding hydrogens is 417 g/mol. The third-order valence-electron chi connectivity index (χ3n) is 5.54. The summed E-state index contributed by atoms with van der Waals surface area (Å²) in [5.41, 5.74) is 2.22. The molecule has 0 saturated carbocycles. The van der Waals surface area contributed by atoms with Crippen LogP contribution < -0.4 is 9.64 Å². The maximum absolute atomic E-state index is 13.2. The van der Waals surface area contributed by atoms with Crippen LogP contribution in [0.3, 0.4) is 0 Å². The fourth-order valence-electron chi connectivity index (χ4n) is 4.01. The van der Waals surface area contributed by atoms with Crippen molar-refractivity contribution in [3.05, 3.63) is 88.9 Å². The lowest BCUT2D eigenvalue weighted by atomic mass is 9.96. The monoisotopic (exact) mass is 439 g/mol. The minimum absolute atomic E-state index is 0.0314. The van der Waals surface area contributed by atoms with E-state index in [2.05, 4.69) is 0 Å². The zero-order valence-corrected chi connectivity index (χ0v) is 17.6. The Balaban J connectivity index is 1.60. The third-order valence-corrected chi connectivity index (χ3v) is 5.79. The standard InChI is InChI=1S/C25H23ClFNO3/c26-20-4-8-22(9-5-20)31-23-10-6-21(7-11-23)28-24(15-19(12-13-29)25(28)30)18-3-1-2-17(14-18)16-27/h1-11,14,19,24,29H,12-13,15-16H2/t19-,24+/m0/s1. The number of hydrogen-bond acceptors (Lipinski definition) is 3. The highest BCUT2D eigenvalue weighted by atomic mass is 35.5. The second-order valence-corrected chi connectivity index (χ2v) is 8.03. The Morgan fingerprint density at radius 1 is 1.03 bits per heavy atom. The van der Waals surface area contributed by atoms with Crippen LogP contribution in [0, 0.1) is 5.92 Å². The minimum Gasteiger partial charge on any atom is -0.457 e. The number of ether oxygens (including phenoxy) is 1. The van der Waals surface area contributed by atoms with Crippen molar-refractivity contribution in [1.82, 2.24) is 0 Å². The topological polar surface area (TPSA) is 49.8 Å². The number of amides is 1. The quantitative estimate of drug-likeness (QED) is 0.485. The van der Waals surface area contributed by atoms with E-state index in [9.17, 15) is 14.3 Å². The summed E-state index contributed by atoms with van der Waals surface area (Å²) in [5.74, 6) is 1.00. The van der Waals surface area contributed by atoms with Crippen molar-refractivity contribution in [1.29, 1.82) is 0 Å². The van der Waals surface area contributed by atoms with Gasteiger partial charge in [0.25, 0.3) is 0 Å². The summed E-state index contributed by atoms with van der Waals surface area (Å²) < 4.78 is 19.0. The zero-order valence-electron chi connectivity index (χ0n) is 16.9. The number of hydrogen-bond donors (Lipinski definition) is 1. The number of rotatable bonds is 7. The van der Waals surface area contributed by atoms with Crippen molar-refractivity contribution in [2.45, 2.75) is 25.6 Å². The molecule has 1 aliphatic heterocycles. The van der Waals surface area contributed by atoms with Crippen LogP contribution in [0.2, 0.25) is 5.02 Å². The van der Waals surface area contributed by atoms with E-state index in [4.69, 9.17) is 16.3 Å². The van der Waals surface area contributed by atoms with Crippen molar-refractivity contribution in [2.24, 2.45) is 5.92 Å². The van der Waals surface area contributed by atoms with Gasteiger partial charge in [-0.05, 0) is 72.5 Å². The van der Waals surface area contributed by atoms with Gasteiger partial charge in [0.05, 0.1) is 6.04 Å². The Hall–Kier alpha value is -2.89. The van der Waals surface area contributed by atoms with Crippen LogP contribution in [-0.2, 0) is 11.5 Å². The van der Waals surface area contributed by atoms with Crippen molar-refractivity contribution in [2.75, 3.05) is 11.5 Å². The highest BCUT2D eigenvalue weighted by molar-refractivity contribution is 6.30. The highest BCUT2D eigenvalue weighted by Gasteiger charge is 2.40. The first kappa shape index (κ1) is 21.3. The normalized spacial score (nSPS) is 18.4. The molecule has 1 aliphatic rings. The van der Waals surface area contributed by atoms with E-state index in [-0.39, 0.29) is 24.5 Å². The predicted octanol–water partition coefficient (Wildman–Crippen LogP) is 6.08. The number of halogens is 2. The van der Waals surface area contributed by atoms with Crippen molar-refractivity contribution < 1.29 is 19.0 Å². The Kier molecular flexibility index (Phi) is 6.54. The van der Waals surface area contributed by atoms with Crippen molar-refractivity contribution in [3.63, 3.8) is 0 Å². The first-order chi connectivity index (χ1) is 15.1. The lowest BCUT2D eigenvalue weighted by Gasteiger charge is -2.26. The number of aliphatic hydroxyl groups is 1. The van der Waals surface area contributed by atoms with E-state index in [1.165, 1.54) is 0 Å². The van der Waals surface area contributed by atoms with Gasteiger partial charge in [0.1, 0.15) is 18.2 Å². The van der Waals surface area contributed by atoms with E-state index in [1.54, 1.807) is 35.2 Å². The number of carbonyl (C=O) groups is 1. The molecule has 0 aliphatic carbocycles. The lowest BCUT2D eigenvalue weighted by Crippen LogP contribution is -2.29. The maximum atomic E-state index is 13.2. The molecule has 0 bridgehead atoms. The van der Waals surface area contributed by atoms with Gasteiger partial charge in [-0.15, -0.1) is 0 Å². The van der Waals surface area contributed by atoms with Crippen LogP contribution in [0.4, 0.5) is 10.1 Å². The highest BCUT2D eigenvalue weighted by Crippen LogP contribution is 2.42. The molecule has 3 aromatic carbocycles. The van der Waals surface area contributed by atoms with E-state index in [0.717, 1.165) is 11.3 Å². The molecule has 3 aromatic rings. The van der Waals surface area contributed by atoms with Crippen LogP contribution in [0.15, 0.2) is 72.8 Å². The van der Waals surface area contributed by atoms with Crippen LogP contribution in [0.1, 0.15) is 30.0 Å². The summed E-state index contributed by atoms with van der Waals surface area (Å²) in [6, 6.07) is 21.5. The number of aliphatic hydroxyl groups excluding tert-OH is 1. The van der Waals surface area contributed by atoms with Gasteiger partial charge in [-0.2, -0.15) is 0 Å². The molecule has 0 aromatic heterocycles. The molecule has 2 atom stereocenters. The van der Waals surface area contributed by atoms with E-state index in [0.29, 0.717) is 34.9 Å². The average Bonchev–Trinajstić information content (AvgIpc) is 3.12. The zero-order chi connectivity index (χ0) is 21.8. The van der Waals surface area contributed by atoms with Gasteiger partial charge in [-0.1, -0.05) is 35.9 Å². The van der Waals surface area contributed by atoms with Gasteiger partial charge in [0.2, 0.25) is 5.91 Å². The number of nitrogens with zero attached hydrogens (tertiary/aromatic N) is 1. The Morgan fingerprint density at radius 3 is 2.35 bits per heavy atom. The van der Waals surface area contributed by atoms with Gasteiger partial charge in [0, 0.05) is 23.2 Å². The summed E-state index contributed by atoms with van der Waals surface area (Å²) in [5, 5.41) is 10.0. The van der Waals surface area contributed by atoms with E-state index in [1.807, 2.05) is 42.5 Å². The number of anilines is 1. The van der Waals surface area contributed by atoms with Gasteiger partial charge in [-0.25, -0.2) is 4.39 Å². The third kappa shape index (κ3) is 4.73. The molecule has 0 radical (unpaired) electrons. The average molecular weight is 440 g/mol. The maximum Gasteiger partial charge on any atom is 0.230 e. The molecular formula is C25H23ClFNO3. The summed E-state index contributed by atoms with van der Waals surface area (Å²) in [6.07, 6.45) is 0.991. The SMILES string of the molecule is O=C1[C@@H](CCO)C[C@H](c2cccc(CF)c2)N1c1ccc(Oc2ccc(Cl)cc2)cc1. The summed E-state index contributed by atoms with van der Waals surface area (Å²) in [7, 11) is 0. The molecule has 1 heterocycles. The van der Waals surface area contributed by atoms with Crippen LogP contribution >= 0.6 is 11.6 Å². The molecule has 1 fully saturated rings. The van der Waals surface area contributed by atoms with Gasteiger partial charge in [-0.3, -0.25) is 4.79 Å². The molecule has 1 amide bonds. The molecule has 31 heavy (non-hydrogen) atoms. The smallest absolute Gasteiger partial charge is 0.230 e. The largest absolute Gasteiger partial charge is 0.457 e. The number of alkyl halides is 1. The fraction of sp³-hybridized carbons (Fsp3) is 0.240. The van der Waals surface area contributed by atoms with Gasteiger partial charge >= 0.3 is 0 Å². The van der Waals surface area contributed by atoms with Crippen LogP contribution in [0.5, 0.6) is 11.5 Å². The fourth-order valence-corrected chi connectivity index (χ4v) is 4.14. The predicted molar refractivity (Wildman–Crippen MR) is 119 cm³/mol. The molecule has 0 spiro atoms. The minimum atomic E-state index is -0.550. The van der Waals surface area contributed by atoms with Crippen LogP contribution in [-0.4, -0.2) is 17.6 Å². The molecule has 1 N–H and O–H groups in total. The number of carbonyl (C=O) groups excluding carboxylic acids is 1. The van der Waals surface area contributed by atoms with Crippen molar-refractivity contribution in [3.8, 4) is 11.5 Å². The van der Waals surface area contributed by atoms with Gasteiger partial charge < -0.3 is 14.7 Å². The second-order valence-electron chi connectivity index (χ2n) is 7.60. The summed E-state index contributed by atoms with van der Waals surface area (Å²) >= 11 is 5.91. The molecule has 4 rings (SSSR count). The van der Waals surface area contributed by atoms with Crippen molar-refractivity contribution >= 4 is 23.2 Å². The Morgan fingerprint density at radius 2 is 1.71 bits per heavy atom. The molecule has 0 unspecified atom stereocenters. The summed E-state index contributed by atoms with van der Waals surface area (Å²) in [4.78, 5) is 14.9. The first-order valence-electron chi connectivity index (χ1n) is 10.2. The Labute approximate surface area is 185 Å². The Bertz CT molecular complexity index is 1040. The molecule has 6 heteroatoms. The van der Waals surface area contributed by atoms with E-state index >= 15 is 0 Å².